The number of fused-ring (bicyclic) bond motifs is 2. The minimum atomic E-state index is -0.109. The van der Waals surface area contributed by atoms with E-state index in [0.717, 1.165) is 13.0 Å². The van der Waals surface area contributed by atoms with Gasteiger partial charge in [0, 0.05) is 18.1 Å². The van der Waals surface area contributed by atoms with Crippen molar-refractivity contribution in [2.24, 2.45) is 0 Å². The van der Waals surface area contributed by atoms with Crippen LogP contribution in [0.25, 0.3) is 0 Å². The number of piperidine rings is 1. The Bertz CT molecular complexity index is 297. The average Bonchev–Trinajstić information content (AvgIpc) is 2.74. The van der Waals surface area contributed by atoms with E-state index in [0.29, 0.717) is 24.7 Å². The zero-order valence-corrected chi connectivity index (χ0v) is 12.5. The molecule has 2 saturated heterocycles. The fraction of sp³-hybridized carbons (Fsp3) is 0.933. The molecule has 0 aromatic rings. The van der Waals surface area contributed by atoms with Crippen molar-refractivity contribution in [2.45, 2.75) is 77.0 Å². The molecule has 4 heteroatoms. The van der Waals surface area contributed by atoms with Crippen LogP contribution in [-0.2, 0) is 9.53 Å². The van der Waals surface area contributed by atoms with E-state index >= 15 is 0 Å². The van der Waals surface area contributed by atoms with Gasteiger partial charge in [0.15, 0.2) is 0 Å². The van der Waals surface area contributed by atoms with E-state index in [1.165, 1.54) is 25.7 Å². The second kappa shape index (κ2) is 6.71. The molecule has 0 radical (unpaired) electrons. The highest BCUT2D eigenvalue weighted by Crippen LogP contribution is 2.30. The fourth-order valence-corrected chi connectivity index (χ4v) is 3.65. The van der Waals surface area contributed by atoms with E-state index in [1.54, 1.807) is 0 Å². The van der Waals surface area contributed by atoms with E-state index in [-0.39, 0.29) is 12.0 Å². The molecule has 2 fully saturated rings. The molecule has 2 aliphatic rings. The highest BCUT2D eigenvalue weighted by atomic mass is 16.5. The van der Waals surface area contributed by atoms with Gasteiger partial charge in [-0.2, -0.15) is 0 Å². The highest BCUT2D eigenvalue weighted by molar-refractivity contribution is 5.75. The molecule has 0 aromatic carbocycles. The van der Waals surface area contributed by atoms with Crippen molar-refractivity contribution in [1.82, 2.24) is 10.2 Å². The summed E-state index contributed by atoms with van der Waals surface area (Å²) in [7, 11) is 0. The molecule has 110 valence electrons. The average molecular weight is 268 g/mol. The van der Waals surface area contributed by atoms with Crippen LogP contribution < -0.4 is 5.32 Å². The number of esters is 1. The Kier molecular flexibility index (Phi) is 5.22. The smallest absolute Gasteiger partial charge is 0.323 e. The Balaban J connectivity index is 2.00. The SMILES string of the molecule is CCCN(C1CC2CCC(C1)N2)C(C)C(=O)OCC. The van der Waals surface area contributed by atoms with Gasteiger partial charge in [0.25, 0.3) is 0 Å². The molecule has 0 amide bonds. The molecule has 19 heavy (non-hydrogen) atoms. The molecule has 2 bridgehead atoms. The molecule has 2 heterocycles. The molecular formula is C15H28N2O2. The molecule has 3 unspecified atom stereocenters. The van der Waals surface area contributed by atoms with Crippen molar-refractivity contribution in [2.75, 3.05) is 13.2 Å². The summed E-state index contributed by atoms with van der Waals surface area (Å²) >= 11 is 0. The van der Waals surface area contributed by atoms with Gasteiger partial charge in [0.05, 0.1) is 6.61 Å². The summed E-state index contributed by atoms with van der Waals surface area (Å²) in [6, 6.07) is 1.76. The minimum Gasteiger partial charge on any atom is -0.465 e. The third-order valence-electron chi connectivity index (χ3n) is 4.52. The molecular weight excluding hydrogens is 240 g/mol. The van der Waals surface area contributed by atoms with Gasteiger partial charge in [0.1, 0.15) is 6.04 Å². The van der Waals surface area contributed by atoms with E-state index < -0.39 is 0 Å². The van der Waals surface area contributed by atoms with E-state index in [4.69, 9.17) is 4.74 Å². The lowest BCUT2D eigenvalue weighted by Gasteiger charge is -2.40. The number of ether oxygens (including phenoxy) is 1. The molecule has 0 aliphatic carbocycles. The van der Waals surface area contributed by atoms with Crippen LogP contribution in [-0.4, -0.2) is 48.2 Å². The van der Waals surface area contributed by atoms with E-state index in [2.05, 4.69) is 17.1 Å². The largest absolute Gasteiger partial charge is 0.465 e. The summed E-state index contributed by atoms with van der Waals surface area (Å²) in [6.07, 6.45) is 6.05. The van der Waals surface area contributed by atoms with Gasteiger partial charge in [-0.05, 0) is 52.5 Å². The maximum absolute atomic E-state index is 12.0. The second-order valence-electron chi connectivity index (χ2n) is 5.93. The number of rotatable bonds is 6. The van der Waals surface area contributed by atoms with Crippen LogP contribution in [0.15, 0.2) is 0 Å². The van der Waals surface area contributed by atoms with Crippen molar-refractivity contribution in [3.05, 3.63) is 0 Å². The van der Waals surface area contributed by atoms with Gasteiger partial charge in [-0.15, -0.1) is 0 Å². The van der Waals surface area contributed by atoms with Gasteiger partial charge < -0.3 is 10.1 Å². The topological polar surface area (TPSA) is 41.6 Å². The standard InChI is InChI=1S/C15H28N2O2/c1-4-8-17(11(3)15(18)19-5-2)14-9-12-6-7-13(10-14)16-12/h11-14,16H,4-10H2,1-3H3. The molecule has 0 saturated carbocycles. The maximum atomic E-state index is 12.0. The van der Waals surface area contributed by atoms with Crippen molar-refractivity contribution >= 4 is 5.97 Å². The predicted molar refractivity (Wildman–Crippen MR) is 76.1 cm³/mol. The fourth-order valence-electron chi connectivity index (χ4n) is 3.65. The van der Waals surface area contributed by atoms with Crippen LogP contribution >= 0.6 is 0 Å². The Morgan fingerprint density at radius 3 is 2.47 bits per heavy atom. The van der Waals surface area contributed by atoms with Gasteiger partial charge in [-0.1, -0.05) is 6.92 Å². The zero-order chi connectivity index (χ0) is 13.8. The molecule has 3 atom stereocenters. The first-order valence-electron chi connectivity index (χ1n) is 7.84. The van der Waals surface area contributed by atoms with Crippen LogP contribution in [0.1, 0.15) is 52.9 Å². The monoisotopic (exact) mass is 268 g/mol. The quantitative estimate of drug-likeness (QED) is 0.748. The van der Waals surface area contributed by atoms with Crippen molar-refractivity contribution < 1.29 is 9.53 Å². The summed E-state index contributed by atoms with van der Waals surface area (Å²) in [5.74, 6) is -0.0678. The molecule has 4 nitrogen and oxygen atoms in total. The van der Waals surface area contributed by atoms with Gasteiger partial charge >= 0.3 is 5.97 Å². The lowest BCUT2D eigenvalue weighted by molar-refractivity contribution is -0.150. The normalized spacial score (nSPS) is 31.5. The number of nitrogens with zero attached hydrogens (tertiary/aromatic N) is 1. The Morgan fingerprint density at radius 2 is 1.95 bits per heavy atom. The lowest BCUT2D eigenvalue weighted by atomic mass is 9.96. The molecule has 2 aliphatic heterocycles. The van der Waals surface area contributed by atoms with Crippen molar-refractivity contribution in [3.8, 4) is 0 Å². The minimum absolute atomic E-state index is 0.0678. The Labute approximate surface area is 116 Å². The van der Waals surface area contributed by atoms with Gasteiger partial charge in [0.2, 0.25) is 0 Å². The van der Waals surface area contributed by atoms with Crippen LogP contribution in [0.4, 0.5) is 0 Å². The van der Waals surface area contributed by atoms with E-state index in [1.807, 2.05) is 13.8 Å². The second-order valence-corrected chi connectivity index (χ2v) is 5.93. The number of hydrogen-bond donors (Lipinski definition) is 1. The molecule has 2 rings (SSSR count). The van der Waals surface area contributed by atoms with Crippen molar-refractivity contribution in [1.29, 1.82) is 0 Å². The number of carbonyl (C=O) groups excluding carboxylic acids is 1. The Morgan fingerprint density at radius 1 is 1.32 bits per heavy atom. The van der Waals surface area contributed by atoms with Crippen LogP contribution in [0.3, 0.4) is 0 Å². The zero-order valence-electron chi connectivity index (χ0n) is 12.5. The highest BCUT2D eigenvalue weighted by Gasteiger charge is 2.38. The first kappa shape index (κ1) is 14.8. The Hall–Kier alpha value is -0.610. The number of nitrogens with one attached hydrogen (secondary N) is 1. The maximum Gasteiger partial charge on any atom is 0.323 e. The third-order valence-corrected chi connectivity index (χ3v) is 4.52. The van der Waals surface area contributed by atoms with Crippen molar-refractivity contribution in [3.63, 3.8) is 0 Å². The summed E-state index contributed by atoms with van der Waals surface area (Å²) in [5.41, 5.74) is 0. The molecule has 1 N–H and O–H groups in total. The third kappa shape index (κ3) is 3.48. The predicted octanol–water partition coefficient (Wildman–Crippen LogP) is 1.93. The van der Waals surface area contributed by atoms with E-state index in [9.17, 15) is 4.79 Å². The summed E-state index contributed by atoms with van der Waals surface area (Å²) in [5, 5.41) is 3.67. The summed E-state index contributed by atoms with van der Waals surface area (Å²) in [4.78, 5) is 14.4. The first-order chi connectivity index (χ1) is 9.15. The van der Waals surface area contributed by atoms with Crippen LogP contribution in [0.2, 0.25) is 0 Å². The summed E-state index contributed by atoms with van der Waals surface area (Å²) in [6.45, 7) is 7.52. The lowest BCUT2D eigenvalue weighted by Crippen LogP contribution is -2.53. The molecule has 0 aromatic heterocycles. The van der Waals surface area contributed by atoms with Crippen LogP contribution in [0.5, 0.6) is 0 Å². The number of hydrogen-bond acceptors (Lipinski definition) is 4. The first-order valence-corrected chi connectivity index (χ1v) is 7.84. The van der Waals surface area contributed by atoms with Gasteiger partial charge in [-0.3, -0.25) is 9.69 Å². The number of carbonyl (C=O) groups is 1. The summed E-state index contributed by atoms with van der Waals surface area (Å²) < 4.78 is 5.19. The van der Waals surface area contributed by atoms with Gasteiger partial charge in [-0.25, -0.2) is 0 Å². The molecule has 0 spiro atoms. The van der Waals surface area contributed by atoms with Crippen LogP contribution in [0, 0.1) is 0 Å².